The lowest BCUT2D eigenvalue weighted by atomic mass is 9.62. The topological polar surface area (TPSA) is 62.6 Å². The smallest absolute Gasteiger partial charge is 0.225 e. The van der Waals surface area contributed by atoms with E-state index in [1.165, 1.54) is 11.1 Å². The Kier molecular flexibility index (Phi) is 4.42. The molecule has 0 bridgehead atoms. The lowest BCUT2D eigenvalue weighted by Gasteiger charge is -2.44. The second kappa shape index (κ2) is 7.29. The zero-order chi connectivity index (χ0) is 24.8. The quantitative estimate of drug-likeness (QED) is 0.385. The van der Waals surface area contributed by atoms with E-state index < -0.39 is 11.1 Å². The minimum absolute atomic E-state index is 0.516. The Morgan fingerprint density at radius 1 is 1.17 bits per heavy atom. The van der Waals surface area contributed by atoms with Crippen LogP contribution in [-0.2, 0) is 30.5 Å². The molecule has 3 aliphatic rings. The summed E-state index contributed by atoms with van der Waals surface area (Å²) in [7, 11) is 0. The van der Waals surface area contributed by atoms with Gasteiger partial charge in [0.2, 0.25) is 5.95 Å². The number of H-pyrrole nitrogens is 1. The van der Waals surface area contributed by atoms with Crippen LogP contribution in [0.4, 0.5) is 10.3 Å². The first-order valence-corrected chi connectivity index (χ1v) is 12.8. The van der Waals surface area contributed by atoms with Gasteiger partial charge in [-0.05, 0) is 49.1 Å². The number of anilines is 1. The van der Waals surface area contributed by atoms with Crippen molar-refractivity contribution in [2.75, 3.05) is 11.4 Å². The first-order valence-electron chi connectivity index (χ1n) is 12.4. The standard InChI is InChI=1S/C28H26ClFN6/c1-4-16-6-5-7-18-21-12-27(2,30)24-20(8-10-31-24)28(21,3)25-19-15-35(26-32-13-17(29)14-33-26)11-9-22(19)34-36(25)23(16)18/h5-8,10,12-14,31H,4,9,11,15H2,1-3H3. The van der Waals surface area contributed by atoms with Gasteiger partial charge in [-0.3, -0.25) is 0 Å². The van der Waals surface area contributed by atoms with Gasteiger partial charge in [0.1, 0.15) is 0 Å². The highest BCUT2D eigenvalue weighted by molar-refractivity contribution is 6.30. The number of hydrogen-bond acceptors (Lipinski definition) is 4. The van der Waals surface area contributed by atoms with Gasteiger partial charge in [0.05, 0.1) is 45.6 Å². The van der Waals surface area contributed by atoms with E-state index in [4.69, 9.17) is 16.7 Å². The van der Waals surface area contributed by atoms with Gasteiger partial charge in [-0.15, -0.1) is 0 Å². The van der Waals surface area contributed by atoms with Crippen LogP contribution in [0, 0.1) is 0 Å². The summed E-state index contributed by atoms with van der Waals surface area (Å²) >= 11 is 6.04. The van der Waals surface area contributed by atoms with Crippen LogP contribution in [0.25, 0.3) is 11.3 Å². The second-order valence-electron chi connectivity index (χ2n) is 10.3. The SMILES string of the molecule is CCc1cccc2c1-n1nc3c(c1C1(C)C2=CC(C)(F)c2[nH]ccc21)CN(c1ncc(Cl)cn1)CC3. The van der Waals surface area contributed by atoms with Gasteiger partial charge in [0.25, 0.3) is 0 Å². The number of allylic oxidation sites excluding steroid dienone is 2. The average Bonchev–Trinajstić information content (AvgIpc) is 3.52. The highest BCUT2D eigenvalue weighted by Crippen LogP contribution is 2.57. The molecule has 8 heteroatoms. The third-order valence-corrected chi connectivity index (χ3v) is 8.32. The number of nitrogens with one attached hydrogen (secondary N) is 1. The highest BCUT2D eigenvalue weighted by atomic mass is 35.5. The molecule has 36 heavy (non-hydrogen) atoms. The lowest BCUT2D eigenvalue weighted by Crippen LogP contribution is -2.41. The van der Waals surface area contributed by atoms with Crippen molar-refractivity contribution in [2.45, 2.75) is 51.2 Å². The van der Waals surface area contributed by atoms with Gasteiger partial charge in [-0.25, -0.2) is 19.0 Å². The summed E-state index contributed by atoms with van der Waals surface area (Å²) in [5.74, 6) is 0.652. The number of benzene rings is 1. The molecule has 3 aromatic heterocycles. The van der Waals surface area contributed by atoms with E-state index in [1.807, 2.05) is 18.3 Å². The molecule has 182 valence electrons. The predicted molar refractivity (Wildman–Crippen MR) is 138 cm³/mol. The molecule has 2 unspecified atom stereocenters. The van der Waals surface area contributed by atoms with Crippen molar-refractivity contribution >= 4 is 23.1 Å². The molecule has 0 spiro atoms. The molecule has 0 fully saturated rings. The number of fused-ring (bicyclic) bond motifs is 10. The minimum atomic E-state index is -1.60. The van der Waals surface area contributed by atoms with Gasteiger partial charge < -0.3 is 9.88 Å². The number of aryl methyl sites for hydroxylation is 1. The van der Waals surface area contributed by atoms with Crippen molar-refractivity contribution in [3.05, 3.63) is 93.3 Å². The Balaban J connectivity index is 1.51. The number of alkyl halides is 1. The Hall–Kier alpha value is -3.45. The summed E-state index contributed by atoms with van der Waals surface area (Å²) in [5, 5.41) is 5.73. The van der Waals surface area contributed by atoms with Crippen LogP contribution in [0.5, 0.6) is 0 Å². The lowest BCUT2D eigenvalue weighted by molar-refractivity contribution is 0.248. The van der Waals surface area contributed by atoms with Crippen LogP contribution < -0.4 is 4.90 Å². The van der Waals surface area contributed by atoms with E-state index in [0.717, 1.165) is 53.2 Å². The summed E-state index contributed by atoms with van der Waals surface area (Å²) in [6.45, 7) is 7.41. The zero-order valence-electron chi connectivity index (χ0n) is 20.4. The van der Waals surface area contributed by atoms with Crippen molar-refractivity contribution in [1.82, 2.24) is 24.7 Å². The number of aromatic amines is 1. The largest absolute Gasteiger partial charge is 0.362 e. The molecule has 7 rings (SSSR count). The Labute approximate surface area is 213 Å². The van der Waals surface area contributed by atoms with E-state index in [2.05, 4.69) is 56.6 Å². The molecule has 2 aliphatic heterocycles. The van der Waals surface area contributed by atoms with Crippen molar-refractivity contribution < 1.29 is 4.39 Å². The molecule has 1 aliphatic carbocycles. The fourth-order valence-corrected chi connectivity index (χ4v) is 6.56. The summed E-state index contributed by atoms with van der Waals surface area (Å²) in [5.41, 5.74) is 7.08. The summed E-state index contributed by atoms with van der Waals surface area (Å²) in [6.07, 6.45) is 8.58. The molecule has 4 aromatic rings. The maximum absolute atomic E-state index is 16.1. The highest BCUT2D eigenvalue weighted by Gasteiger charge is 2.52. The molecule has 1 aromatic carbocycles. The fourth-order valence-electron chi connectivity index (χ4n) is 6.46. The predicted octanol–water partition coefficient (Wildman–Crippen LogP) is 5.67. The number of halogens is 2. The Bertz CT molecular complexity index is 1560. The normalized spacial score (nSPS) is 23.8. The van der Waals surface area contributed by atoms with Crippen molar-refractivity contribution in [2.24, 2.45) is 0 Å². The molecule has 0 amide bonds. The summed E-state index contributed by atoms with van der Waals surface area (Å²) < 4.78 is 18.3. The number of aromatic nitrogens is 5. The van der Waals surface area contributed by atoms with Crippen LogP contribution in [0.15, 0.2) is 48.9 Å². The Morgan fingerprint density at radius 3 is 2.75 bits per heavy atom. The van der Waals surface area contributed by atoms with Gasteiger partial charge >= 0.3 is 0 Å². The third kappa shape index (κ3) is 2.75. The first kappa shape index (κ1) is 21.8. The van der Waals surface area contributed by atoms with Gasteiger partial charge in [0.15, 0.2) is 5.67 Å². The van der Waals surface area contributed by atoms with Crippen LogP contribution in [0.3, 0.4) is 0 Å². The second-order valence-corrected chi connectivity index (χ2v) is 10.7. The van der Waals surface area contributed by atoms with E-state index in [1.54, 1.807) is 19.3 Å². The molecule has 0 radical (unpaired) electrons. The third-order valence-electron chi connectivity index (χ3n) is 8.13. The number of rotatable bonds is 2. The van der Waals surface area contributed by atoms with E-state index in [0.29, 0.717) is 23.2 Å². The molecular weight excluding hydrogens is 475 g/mol. The molecule has 0 saturated heterocycles. The first-order chi connectivity index (χ1) is 17.3. The van der Waals surface area contributed by atoms with Crippen LogP contribution >= 0.6 is 11.6 Å². The van der Waals surface area contributed by atoms with Crippen molar-refractivity contribution in [1.29, 1.82) is 0 Å². The van der Waals surface area contributed by atoms with Crippen LogP contribution in [0.1, 0.15) is 60.1 Å². The minimum Gasteiger partial charge on any atom is -0.362 e. The zero-order valence-corrected chi connectivity index (χ0v) is 21.2. The number of nitrogens with zero attached hydrogens (tertiary/aromatic N) is 5. The molecular formula is C28H26ClFN6. The molecule has 5 heterocycles. The average molecular weight is 501 g/mol. The number of para-hydroxylation sites is 1. The van der Waals surface area contributed by atoms with Gasteiger partial charge in [-0.2, -0.15) is 5.10 Å². The maximum Gasteiger partial charge on any atom is 0.225 e. The van der Waals surface area contributed by atoms with Crippen LogP contribution in [-0.4, -0.2) is 31.3 Å². The van der Waals surface area contributed by atoms with Gasteiger partial charge in [0, 0.05) is 36.8 Å². The summed E-state index contributed by atoms with van der Waals surface area (Å²) in [4.78, 5) is 14.3. The number of hydrogen-bond donors (Lipinski definition) is 1. The molecule has 6 nitrogen and oxygen atoms in total. The van der Waals surface area contributed by atoms with E-state index in [9.17, 15) is 0 Å². The van der Waals surface area contributed by atoms with Crippen LogP contribution in [0.2, 0.25) is 5.02 Å². The Morgan fingerprint density at radius 2 is 1.97 bits per heavy atom. The van der Waals surface area contributed by atoms with Crippen molar-refractivity contribution in [3.63, 3.8) is 0 Å². The van der Waals surface area contributed by atoms with Crippen molar-refractivity contribution in [3.8, 4) is 5.69 Å². The van der Waals surface area contributed by atoms with E-state index in [-0.39, 0.29) is 0 Å². The van der Waals surface area contributed by atoms with Gasteiger partial charge in [-0.1, -0.05) is 36.7 Å². The molecule has 0 saturated carbocycles. The van der Waals surface area contributed by atoms with E-state index >= 15 is 4.39 Å². The summed E-state index contributed by atoms with van der Waals surface area (Å²) in [6, 6.07) is 8.37. The molecule has 1 N–H and O–H groups in total. The fraction of sp³-hybridized carbons (Fsp3) is 0.321. The molecule has 2 atom stereocenters. The monoisotopic (exact) mass is 500 g/mol. The maximum atomic E-state index is 16.1.